The Labute approximate surface area is 66.0 Å². The van der Waals surface area contributed by atoms with Gasteiger partial charge in [-0.3, -0.25) is 9.59 Å². The van der Waals surface area contributed by atoms with Gasteiger partial charge in [0.15, 0.2) is 0 Å². The van der Waals surface area contributed by atoms with E-state index in [1.807, 2.05) is 6.92 Å². The van der Waals surface area contributed by atoms with Crippen molar-refractivity contribution in [3.8, 4) is 0 Å². The molecule has 0 amide bonds. The van der Waals surface area contributed by atoms with Crippen LogP contribution in [0.25, 0.3) is 0 Å². The molecule has 2 aliphatic rings. The minimum absolute atomic E-state index is 0.0338. The van der Waals surface area contributed by atoms with Gasteiger partial charge in [-0.2, -0.15) is 0 Å². The summed E-state index contributed by atoms with van der Waals surface area (Å²) in [6, 6.07) is 0. The van der Waals surface area contributed by atoms with E-state index in [0.717, 1.165) is 12.8 Å². The standard InChI is InChI=1S/C9H12O2/c1-2-9-5-6(9)3-7(10)4-8(9)11/h6H,2-5H2,1H3. The summed E-state index contributed by atoms with van der Waals surface area (Å²) < 4.78 is 0. The summed E-state index contributed by atoms with van der Waals surface area (Å²) in [5, 5.41) is 0. The van der Waals surface area contributed by atoms with E-state index in [4.69, 9.17) is 0 Å². The van der Waals surface area contributed by atoms with Crippen molar-refractivity contribution in [1.29, 1.82) is 0 Å². The lowest BCUT2D eigenvalue weighted by atomic mass is 9.84. The Kier molecular flexibility index (Phi) is 1.23. The molecule has 2 fully saturated rings. The monoisotopic (exact) mass is 152 g/mol. The normalized spacial score (nSPS) is 42.1. The third kappa shape index (κ3) is 0.784. The highest BCUT2D eigenvalue weighted by molar-refractivity contribution is 6.06. The number of hydrogen-bond donors (Lipinski definition) is 0. The molecule has 2 aliphatic carbocycles. The van der Waals surface area contributed by atoms with E-state index < -0.39 is 0 Å². The predicted molar refractivity (Wildman–Crippen MR) is 40.1 cm³/mol. The fourth-order valence-electron chi connectivity index (χ4n) is 2.32. The average molecular weight is 152 g/mol. The fraction of sp³-hybridized carbons (Fsp3) is 0.778. The molecule has 2 heteroatoms. The van der Waals surface area contributed by atoms with Crippen molar-refractivity contribution in [3.05, 3.63) is 0 Å². The second kappa shape index (κ2) is 1.93. The third-order valence-electron chi connectivity index (χ3n) is 3.25. The molecule has 0 saturated heterocycles. The van der Waals surface area contributed by atoms with E-state index in [0.29, 0.717) is 12.3 Å². The van der Waals surface area contributed by atoms with Gasteiger partial charge >= 0.3 is 0 Å². The number of fused-ring (bicyclic) bond motifs is 1. The Hall–Kier alpha value is -0.660. The molecule has 0 bridgehead atoms. The van der Waals surface area contributed by atoms with Gasteiger partial charge in [0.1, 0.15) is 11.6 Å². The van der Waals surface area contributed by atoms with Crippen LogP contribution in [0.4, 0.5) is 0 Å². The van der Waals surface area contributed by atoms with Crippen molar-refractivity contribution >= 4 is 11.6 Å². The van der Waals surface area contributed by atoms with Crippen molar-refractivity contribution in [3.63, 3.8) is 0 Å². The highest BCUT2D eigenvalue weighted by Crippen LogP contribution is 2.60. The topological polar surface area (TPSA) is 34.1 Å². The molecule has 0 spiro atoms. The van der Waals surface area contributed by atoms with Crippen LogP contribution in [0.15, 0.2) is 0 Å². The van der Waals surface area contributed by atoms with Crippen LogP contribution in [0.5, 0.6) is 0 Å². The maximum absolute atomic E-state index is 11.4. The van der Waals surface area contributed by atoms with Gasteiger partial charge in [0.2, 0.25) is 0 Å². The van der Waals surface area contributed by atoms with Crippen molar-refractivity contribution in [2.75, 3.05) is 0 Å². The lowest BCUT2D eigenvalue weighted by molar-refractivity contribution is -0.133. The number of ketones is 2. The Morgan fingerprint density at radius 2 is 2.27 bits per heavy atom. The number of hydrogen-bond acceptors (Lipinski definition) is 2. The van der Waals surface area contributed by atoms with Gasteiger partial charge in [0.05, 0.1) is 6.42 Å². The lowest BCUT2D eigenvalue weighted by Crippen LogP contribution is -2.26. The lowest BCUT2D eigenvalue weighted by Gasteiger charge is -2.17. The SMILES string of the molecule is CCC12CC1CC(=O)CC2=O. The van der Waals surface area contributed by atoms with Gasteiger partial charge in [0, 0.05) is 11.8 Å². The zero-order valence-electron chi connectivity index (χ0n) is 6.72. The van der Waals surface area contributed by atoms with Gasteiger partial charge in [-0.1, -0.05) is 6.92 Å². The molecule has 0 radical (unpaired) electrons. The van der Waals surface area contributed by atoms with Crippen LogP contribution >= 0.6 is 0 Å². The second-order valence-corrected chi connectivity index (χ2v) is 3.75. The summed E-state index contributed by atoms with van der Waals surface area (Å²) in [5.74, 6) is 0.782. The molecular weight excluding hydrogens is 140 g/mol. The first-order valence-electron chi connectivity index (χ1n) is 4.24. The van der Waals surface area contributed by atoms with Gasteiger partial charge in [0.25, 0.3) is 0 Å². The molecular formula is C9H12O2. The summed E-state index contributed by atoms with van der Waals surface area (Å²) in [7, 11) is 0. The van der Waals surface area contributed by atoms with Gasteiger partial charge in [-0.05, 0) is 18.8 Å². The Morgan fingerprint density at radius 1 is 1.55 bits per heavy atom. The molecule has 11 heavy (non-hydrogen) atoms. The quantitative estimate of drug-likeness (QED) is 0.531. The minimum atomic E-state index is -0.0338. The molecule has 2 rings (SSSR count). The van der Waals surface area contributed by atoms with Crippen LogP contribution < -0.4 is 0 Å². The smallest absolute Gasteiger partial charge is 0.146 e. The zero-order valence-corrected chi connectivity index (χ0v) is 6.72. The molecule has 2 saturated carbocycles. The predicted octanol–water partition coefficient (Wildman–Crippen LogP) is 1.33. The van der Waals surface area contributed by atoms with Gasteiger partial charge < -0.3 is 0 Å². The first kappa shape index (κ1) is 7.01. The molecule has 2 nitrogen and oxygen atoms in total. The molecule has 0 aromatic heterocycles. The summed E-state index contributed by atoms with van der Waals surface area (Å²) in [6.45, 7) is 2.05. The molecule has 60 valence electrons. The molecule has 0 aromatic rings. The van der Waals surface area contributed by atoms with E-state index in [-0.39, 0.29) is 23.4 Å². The van der Waals surface area contributed by atoms with E-state index in [9.17, 15) is 9.59 Å². The van der Waals surface area contributed by atoms with Gasteiger partial charge in [-0.15, -0.1) is 0 Å². The number of carbonyl (C=O) groups excluding carboxylic acids is 2. The Bertz CT molecular complexity index is 232. The molecule has 0 aliphatic heterocycles. The fourth-order valence-corrected chi connectivity index (χ4v) is 2.32. The van der Waals surface area contributed by atoms with Crippen LogP contribution in [-0.4, -0.2) is 11.6 Å². The van der Waals surface area contributed by atoms with Crippen LogP contribution in [0, 0.1) is 11.3 Å². The molecule has 0 aromatic carbocycles. The first-order chi connectivity index (χ1) is 5.19. The Balaban J connectivity index is 2.20. The minimum Gasteiger partial charge on any atom is -0.299 e. The second-order valence-electron chi connectivity index (χ2n) is 3.75. The maximum atomic E-state index is 11.4. The highest BCUT2D eigenvalue weighted by Gasteiger charge is 2.60. The van der Waals surface area contributed by atoms with E-state index in [1.165, 1.54) is 0 Å². The van der Waals surface area contributed by atoms with Crippen molar-refractivity contribution in [2.45, 2.75) is 32.6 Å². The summed E-state index contributed by atoms with van der Waals surface area (Å²) >= 11 is 0. The molecule has 0 heterocycles. The number of rotatable bonds is 1. The van der Waals surface area contributed by atoms with Crippen molar-refractivity contribution in [1.82, 2.24) is 0 Å². The maximum Gasteiger partial charge on any atom is 0.146 e. The third-order valence-corrected chi connectivity index (χ3v) is 3.25. The van der Waals surface area contributed by atoms with Crippen molar-refractivity contribution in [2.24, 2.45) is 11.3 Å². The van der Waals surface area contributed by atoms with E-state index in [2.05, 4.69) is 0 Å². The van der Waals surface area contributed by atoms with E-state index in [1.54, 1.807) is 0 Å². The van der Waals surface area contributed by atoms with Gasteiger partial charge in [-0.25, -0.2) is 0 Å². The van der Waals surface area contributed by atoms with Crippen LogP contribution in [0.1, 0.15) is 32.6 Å². The van der Waals surface area contributed by atoms with E-state index >= 15 is 0 Å². The van der Waals surface area contributed by atoms with Crippen LogP contribution in [0.2, 0.25) is 0 Å². The number of Topliss-reactive ketones (excluding diaryl/α,β-unsaturated/α-hetero) is 2. The van der Waals surface area contributed by atoms with Crippen LogP contribution in [-0.2, 0) is 9.59 Å². The largest absolute Gasteiger partial charge is 0.299 e. The average Bonchev–Trinajstić information content (AvgIpc) is 2.63. The first-order valence-corrected chi connectivity index (χ1v) is 4.24. The molecule has 2 unspecified atom stereocenters. The summed E-state index contributed by atoms with van der Waals surface area (Å²) in [5.41, 5.74) is -0.0338. The molecule has 0 N–H and O–H groups in total. The van der Waals surface area contributed by atoms with Crippen LogP contribution in [0.3, 0.4) is 0 Å². The Morgan fingerprint density at radius 3 is 2.82 bits per heavy atom. The summed E-state index contributed by atoms with van der Waals surface area (Å²) in [4.78, 5) is 22.3. The summed E-state index contributed by atoms with van der Waals surface area (Å²) in [6.07, 6.45) is 2.79. The number of carbonyl (C=O) groups is 2. The molecule has 2 atom stereocenters. The van der Waals surface area contributed by atoms with Crippen molar-refractivity contribution < 1.29 is 9.59 Å². The highest BCUT2D eigenvalue weighted by atomic mass is 16.2. The zero-order chi connectivity index (χ0) is 8.06.